The van der Waals surface area contributed by atoms with Gasteiger partial charge in [0.25, 0.3) is 0 Å². The van der Waals surface area contributed by atoms with Gasteiger partial charge in [0.1, 0.15) is 22.8 Å². The van der Waals surface area contributed by atoms with Crippen LogP contribution in [0, 0.1) is 6.92 Å². The van der Waals surface area contributed by atoms with E-state index in [-0.39, 0.29) is 5.56 Å². The molecule has 2 aromatic heterocycles. The third-order valence-corrected chi connectivity index (χ3v) is 2.42. The molecule has 0 saturated heterocycles. The average molecular weight is 224 g/mol. The highest BCUT2D eigenvalue weighted by Gasteiger charge is 2.20. The first kappa shape index (κ1) is 9.86. The molecule has 5 heteroatoms. The first-order valence-electron chi connectivity index (χ1n) is 4.34. The Kier molecular flexibility index (Phi) is 2.28. The third kappa shape index (κ3) is 1.43. The van der Waals surface area contributed by atoms with Crippen LogP contribution in [-0.4, -0.2) is 20.7 Å². The molecule has 0 atom stereocenters. The van der Waals surface area contributed by atoms with Crippen molar-refractivity contribution in [3.8, 4) is 0 Å². The van der Waals surface area contributed by atoms with Crippen LogP contribution in [0.3, 0.4) is 0 Å². The lowest BCUT2D eigenvalue weighted by Gasteiger charge is -1.95. The minimum absolute atomic E-state index is 0.174. The molecule has 0 unspecified atom stereocenters. The van der Waals surface area contributed by atoms with Gasteiger partial charge in [-0.25, -0.2) is 9.31 Å². The molecule has 0 fully saturated rings. The van der Waals surface area contributed by atoms with Crippen molar-refractivity contribution in [3.63, 3.8) is 0 Å². The van der Waals surface area contributed by atoms with Crippen molar-refractivity contribution in [1.29, 1.82) is 0 Å². The van der Waals surface area contributed by atoms with Crippen LogP contribution in [0.2, 0.25) is 5.15 Å². The second kappa shape index (κ2) is 3.47. The highest BCUT2D eigenvalue weighted by Crippen LogP contribution is 2.20. The van der Waals surface area contributed by atoms with E-state index in [0.29, 0.717) is 22.8 Å². The number of aromatic nitrogens is 2. The SMILES string of the molecule is [CH2+]Cc1nn2c(Cl)cccc2c1C(=O)O. The van der Waals surface area contributed by atoms with E-state index in [4.69, 9.17) is 16.7 Å². The Hall–Kier alpha value is -1.68. The molecule has 0 saturated carbocycles. The monoisotopic (exact) mass is 223 g/mol. The first-order valence-corrected chi connectivity index (χ1v) is 4.71. The number of rotatable bonds is 2. The van der Waals surface area contributed by atoms with Gasteiger partial charge in [-0.05, 0) is 12.1 Å². The number of pyridine rings is 1. The second-order valence-corrected chi connectivity index (χ2v) is 3.41. The fourth-order valence-electron chi connectivity index (χ4n) is 1.49. The Morgan fingerprint density at radius 1 is 1.60 bits per heavy atom. The van der Waals surface area contributed by atoms with E-state index in [1.807, 2.05) is 0 Å². The van der Waals surface area contributed by atoms with Crippen LogP contribution in [-0.2, 0) is 6.42 Å². The van der Waals surface area contributed by atoms with Gasteiger partial charge >= 0.3 is 5.97 Å². The zero-order valence-electron chi connectivity index (χ0n) is 7.77. The van der Waals surface area contributed by atoms with E-state index in [1.165, 1.54) is 4.52 Å². The molecule has 0 aliphatic heterocycles. The van der Waals surface area contributed by atoms with E-state index in [0.717, 1.165) is 0 Å². The van der Waals surface area contributed by atoms with Crippen molar-refractivity contribution in [1.82, 2.24) is 9.61 Å². The van der Waals surface area contributed by atoms with E-state index in [2.05, 4.69) is 12.0 Å². The maximum atomic E-state index is 11.0. The summed E-state index contributed by atoms with van der Waals surface area (Å²) in [5.74, 6) is -1.01. The minimum atomic E-state index is -1.01. The summed E-state index contributed by atoms with van der Waals surface area (Å²) < 4.78 is 1.41. The number of hydrogen-bond acceptors (Lipinski definition) is 2. The summed E-state index contributed by atoms with van der Waals surface area (Å²) in [6.07, 6.45) is 0.319. The average Bonchev–Trinajstić information content (AvgIpc) is 2.57. The zero-order chi connectivity index (χ0) is 11.0. The number of hydrogen-bond donors (Lipinski definition) is 1. The summed E-state index contributed by atoms with van der Waals surface area (Å²) in [4.78, 5) is 11.0. The van der Waals surface area contributed by atoms with Crippen LogP contribution in [0.5, 0.6) is 0 Å². The molecule has 2 aromatic rings. The number of aromatic carboxylic acids is 1. The molecular formula is C10H8ClN2O2+. The summed E-state index contributed by atoms with van der Waals surface area (Å²) in [7, 11) is 0. The molecule has 15 heavy (non-hydrogen) atoms. The Morgan fingerprint density at radius 3 is 2.93 bits per heavy atom. The van der Waals surface area contributed by atoms with E-state index < -0.39 is 5.97 Å². The highest BCUT2D eigenvalue weighted by atomic mass is 35.5. The number of halogens is 1. The second-order valence-electron chi connectivity index (χ2n) is 3.02. The molecule has 0 aliphatic rings. The van der Waals surface area contributed by atoms with Crippen molar-refractivity contribution in [2.45, 2.75) is 6.42 Å². The van der Waals surface area contributed by atoms with Gasteiger partial charge in [0, 0.05) is 0 Å². The molecule has 2 heterocycles. The Bertz CT molecular complexity index is 533. The number of carboxylic acid groups (broad SMARTS) is 1. The van der Waals surface area contributed by atoms with Crippen LogP contribution in [0.4, 0.5) is 0 Å². The van der Waals surface area contributed by atoms with Crippen LogP contribution in [0.15, 0.2) is 18.2 Å². The molecule has 0 aromatic carbocycles. The summed E-state index contributed by atoms with van der Waals surface area (Å²) in [5.41, 5.74) is 1.11. The summed E-state index contributed by atoms with van der Waals surface area (Å²) >= 11 is 5.89. The van der Waals surface area contributed by atoms with Crippen molar-refractivity contribution in [3.05, 3.63) is 41.5 Å². The third-order valence-electron chi connectivity index (χ3n) is 2.13. The quantitative estimate of drug-likeness (QED) is 0.626. The fourth-order valence-corrected chi connectivity index (χ4v) is 1.69. The largest absolute Gasteiger partial charge is 0.478 e. The van der Waals surface area contributed by atoms with Crippen LogP contribution in [0.25, 0.3) is 5.52 Å². The molecule has 0 radical (unpaired) electrons. The molecule has 0 amide bonds. The van der Waals surface area contributed by atoms with Gasteiger partial charge in [-0.1, -0.05) is 17.7 Å². The zero-order valence-corrected chi connectivity index (χ0v) is 8.53. The smallest absolute Gasteiger partial charge is 0.340 e. The predicted molar refractivity (Wildman–Crippen MR) is 56.2 cm³/mol. The van der Waals surface area contributed by atoms with Crippen LogP contribution < -0.4 is 0 Å². The molecule has 1 N–H and O–H groups in total. The van der Waals surface area contributed by atoms with Gasteiger partial charge in [-0.15, -0.1) is 0 Å². The van der Waals surface area contributed by atoms with E-state index >= 15 is 0 Å². The van der Waals surface area contributed by atoms with Crippen molar-refractivity contribution in [2.75, 3.05) is 0 Å². The summed E-state index contributed by atoms with van der Waals surface area (Å²) in [6, 6.07) is 5.01. The molecule has 0 spiro atoms. The number of nitrogens with zero attached hydrogens (tertiary/aromatic N) is 2. The maximum absolute atomic E-state index is 11.0. The van der Waals surface area contributed by atoms with Crippen molar-refractivity contribution < 1.29 is 9.90 Å². The molecule has 2 rings (SSSR count). The standard InChI is InChI=1S/C10H7ClN2O2/c1-2-6-9(10(14)15)7-4-3-5-8(11)13(7)12-6/h3-5H,1-2H2/p+1. The predicted octanol–water partition coefficient (Wildman–Crippen LogP) is 2.06. The molecule has 76 valence electrons. The highest BCUT2D eigenvalue weighted by molar-refractivity contribution is 6.29. The maximum Gasteiger partial charge on any atom is 0.340 e. The van der Waals surface area contributed by atoms with Gasteiger partial charge in [0.05, 0.1) is 12.4 Å². The molecule has 4 nitrogen and oxygen atoms in total. The van der Waals surface area contributed by atoms with Crippen molar-refractivity contribution >= 4 is 23.1 Å². The Labute approximate surface area is 91.1 Å². The van der Waals surface area contributed by atoms with Gasteiger partial charge < -0.3 is 5.11 Å². The molecular weight excluding hydrogens is 216 g/mol. The van der Waals surface area contributed by atoms with Gasteiger partial charge in [-0.3, -0.25) is 0 Å². The normalized spacial score (nSPS) is 10.7. The minimum Gasteiger partial charge on any atom is -0.478 e. The lowest BCUT2D eigenvalue weighted by Crippen LogP contribution is -1.99. The Balaban J connectivity index is 2.86. The lowest BCUT2D eigenvalue weighted by molar-refractivity contribution is 0.0698. The lowest BCUT2D eigenvalue weighted by atomic mass is 10.1. The van der Waals surface area contributed by atoms with Gasteiger partial charge in [-0.2, -0.15) is 5.10 Å². The van der Waals surface area contributed by atoms with Crippen molar-refractivity contribution in [2.24, 2.45) is 0 Å². The topological polar surface area (TPSA) is 54.6 Å². The Morgan fingerprint density at radius 2 is 2.33 bits per heavy atom. The van der Waals surface area contributed by atoms with Crippen LogP contribution >= 0.6 is 11.6 Å². The summed E-state index contributed by atoms with van der Waals surface area (Å²) in [6.45, 7) is 3.64. The molecule has 0 aliphatic carbocycles. The molecule has 0 bridgehead atoms. The number of carbonyl (C=O) groups is 1. The number of carboxylic acids is 1. The van der Waals surface area contributed by atoms with Gasteiger partial charge in [0.15, 0.2) is 0 Å². The van der Waals surface area contributed by atoms with Crippen LogP contribution in [0.1, 0.15) is 16.1 Å². The number of fused-ring (bicyclic) bond motifs is 1. The van der Waals surface area contributed by atoms with E-state index in [9.17, 15) is 4.79 Å². The van der Waals surface area contributed by atoms with Gasteiger partial charge in [0.2, 0.25) is 0 Å². The summed E-state index contributed by atoms with van der Waals surface area (Å²) in [5, 5.41) is 13.5. The van der Waals surface area contributed by atoms with E-state index in [1.54, 1.807) is 18.2 Å². The fraction of sp³-hybridized carbons (Fsp3) is 0.100. The first-order chi connectivity index (χ1) is 7.15.